The average Bonchev–Trinajstić information content (AvgIpc) is 1.80. The van der Waals surface area contributed by atoms with Crippen LogP contribution in [0.5, 0.6) is 0 Å². The van der Waals surface area contributed by atoms with Gasteiger partial charge in [0.15, 0.2) is 0 Å². The summed E-state index contributed by atoms with van der Waals surface area (Å²) in [6.07, 6.45) is 2.34. The van der Waals surface area contributed by atoms with Crippen molar-refractivity contribution in [3.05, 3.63) is 6.43 Å². The first-order chi connectivity index (χ1) is 4.27. The minimum Gasteiger partial charge on any atom is -0.200 e. The van der Waals surface area contributed by atoms with Crippen molar-refractivity contribution in [1.29, 1.82) is 0 Å². The molecule has 0 rings (SSSR count). The quantitative estimate of drug-likeness (QED) is 0.507. The lowest BCUT2D eigenvalue weighted by atomic mass is 10.2. The first kappa shape index (κ1) is 8.86. The van der Waals surface area contributed by atoms with E-state index in [1.165, 1.54) is 0 Å². The Morgan fingerprint density at radius 2 is 1.78 bits per heavy atom. The van der Waals surface area contributed by atoms with Crippen LogP contribution < -0.4 is 0 Å². The average molecular weight is 135 g/mol. The molecule has 0 unspecified atom stereocenters. The minimum absolute atomic E-state index is 0. The first-order valence-electron chi connectivity index (χ1n) is 3.44. The van der Waals surface area contributed by atoms with E-state index in [1.807, 2.05) is 0 Å². The molecule has 0 aromatic carbocycles. The Labute approximate surface area is 55.3 Å². The van der Waals surface area contributed by atoms with Crippen molar-refractivity contribution in [2.45, 2.75) is 39.0 Å². The van der Waals surface area contributed by atoms with Crippen LogP contribution in [0.2, 0.25) is 0 Å². The van der Waals surface area contributed by atoms with Gasteiger partial charge in [0.1, 0.15) is 0 Å². The van der Waals surface area contributed by atoms with Gasteiger partial charge < -0.3 is 0 Å². The Morgan fingerprint density at radius 3 is 2.22 bits per heavy atom. The van der Waals surface area contributed by atoms with Crippen LogP contribution in [0.15, 0.2) is 0 Å². The van der Waals surface area contributed by atoms with Gasteiger partial charge in [0, 0.05) is 6.42 Å². The van der Waals surface area contributed by atoms with Gasteiger partial charge in [-0.05, 0) is 6.42 Å². The zero-order chi connectivity index (χ0) is 7.11. The number of hydrogen-bond acceptors (Lipinski definition) is 0. The van der Waals surface area contributed by atoms with E-state index in [9.17, 15) is 8.78 Å². The molecule has 0 nitrogen and oxygen atoms in total. The fourth-order valence-electron chi connectivity index (χ4n) is 0.685. The summed E-state index contributed by atoms with van der Waals surface area (Å²) < 4.78 is 22.8. The van der Waals surface area contributed by atoms with Gasteiger partial charge in [-0.2, -0.15) is 8.78 Å². The predicted molar refractivity (Wildman–Crippen MR) is 34.2 cm³/mol. The zero-order valence-electron chi connectivity index (χ0n) is 5.79. The third-order valence-corrected chi connectivity index (χ3v) is 1.22. The highest BCUT2D eigenvalue weighted by Crippen LogP contribution is 2.14. The fraction of sp³-hybridized carbons (Fsp3) is 0.857. The van der Waals surface area contributed by atoms with Gasteiger partial charge in [-0.1, -0.05) is 26.2 Å². The molecule has 1 radical (unpaired) electrons. The summed E-state index contributed by atoms with van der Waals surface area (Å²) >= 11 is 0. The Hall–Kier alpha value is -0.140. The van der Waals surface area contributed by atoms with Crippen molar-refractivity contribution in [3.8, 4) is 0 Å². The third-order valence-electron chi connectivity index (χ3n) is 1.22. The highest BCUT2D eigenvalue weighted by atomic mass is 19.3. The van der Waals surface area contributed by atoms with Gasteiger partial charge >= 0.3 is 6.43 Å². The minimum atomic E-state index is -1.42. The fourth-order valence-corrected chi connectivity index (χ4v) is 0.685. The van der Waals surface area contributed by atoms with E-state index < -0.39 is 6.43 Å². The summed E-state index contributed by atoms with van der Waals surface area (Å²) in [5.74, 6) is 0. The van der Waals surface area contributed by atoms with Crippen molar-refractivity contribution in [2.24, 2.45) is 0 Å². The molecule has 0 N–H and O–H groups in total. The van der Waals surface area contributed by atoms with Gasteiger partial charge in [0.25, 0.3) is 0 Å². The van der Waals surface area contributed by atoms with Gasteiger partial charge in [0.05, 0.1) is 0 Å². The molecule has 0 aromatic rings. The molecule has 9 heavy (non-hydrogen) atoms. The number of hydrogen-bond donors (Lipinski definition) is 0. The van der Waals surface area contributed by atoms with Gasteiger partial charge in [-0.25, -0.2) is 0 Å². The topological polar surface area (TPSA) is 0 Å². The smallest absolute Gasteiger partial charge is 0.200 e. The zero-order valence-corrected chi connectivity index (χ0v) is 5.79. The maximum absolute atomic E-state index is 11.4. The Balaban J connectivity index is 2.75. The van der Waals surface area contributed by atoms with Crippen LogP contribution in [0.3, 0.4) is 0 Å². The van der Waals surface area contributed by atoms with E-state index in [1.54, 1.807) is 0 Å². The van der Waals surface area contributed by atoms with E-state index in [4.69, 9.17) is 0 Å². The molecule has 0 spiro atoms. The number of rotatable bonds is 5. The van der Waals surface area contributed by atoms with Crippen LogP contribution in [0.4, 0.5) is 8.78 Å². The summed E-state index contributed by atoms with van der Waals surface area (Å²) in [5.41, 5.74) is 0. The van der Waals surface area contributed by atoms with Crippen molar-refractivity contribution in [2.75, 3.05) is 0 Å². The Bertz CT molecular complexity index is 52.9. The summed E-state index contributed by atoms with van der Waals surface area (Å²) in [6.45, 7) is 2.06. The molecule has 0 bridgehead atoms. The Morgan fingerprint density at radius 1 is 1.11 bits per heavy atom. The lowest BCUT2D eigenvalue weighted by molar-refractivity contribution is 0.264. The van der Waals surface area contributed by atoms with Gasteiger partial charge in [-0.3, -0.25) is 0 Å². The first-order valence-corrected chi connectivity index (χ1v) is 3.44. The largest absolute Gasteiger partial charge is 0.310 e. The summed E-state index contributed by atoms with van der Waals surface area (Å²) in [5, 5.41) is 0. The highest BCUT2D eigenvalue weighted by molar-refractivity contribution is 4.58. The molecule has 0 saturated carbocycles. The molecule has 0 atom stereocenters. The van der Waals surface area contributed by atoms with E-state index in [2.05, 4.69) is 6.92 Å². The molecule has 0 aliphatic carbocycles. The number of unbranched alkanes of at least 4 members (excludes halogenated alkanes) is 3. The lowest BCUT2D eigenvalue weighted by Gasteiger charge is -1.95. The molecule has 0 fully saturated rings. The maximum Gasteiger partial charge on any atom is 0.310 e. The van der Waals surface area contributed by atoms with E-state index in [0.29, 0.717) is 6.42 Å². The van der Waals surface area contributed by atoms with Crippen LogP contribution in [-0.2, 0) is 0 Å². The molecule has 0 amide bonds. The van der Waals surface area contributed by atoms with Crippen LogP contribution >= 0.6 is 0 Å². The summed E-state index contributed by atoms with van der Waals surface area (Å²) in [6, 6.07) is 0. The lowest BCUT2D eigenvalue weighted by Crippen LogP contribution is -1.80. The molecule has 0 saturated heterocycles. The predicted octanol–water partition coefficient (Wildman–Crippen LogP) is 3.39. The highest BCUT2D eigenvalue weighted by Gasteiger charge is 2.02. The number of halogens is 2. The second-order valence-electron chi connectivity index (χ2n) is 2.15. The SMILES string of the molecule is CCCCCC[C](F)F. The standard InChI is InChI=1S/C7H13F2/c1-2-3-4-5-6-7(8)9/h2-6H2,1H3. The third kappa shape index (κ3) is 7.86. The van der Waals surface area contributed by atoms with Crippen molar-refractivity contribution < 1.29 is 8.78 Å². The normalized spacial score (nSPS) is 10.7. The Kier molecular flexibility index (Phi) is 5.89. The van der Waals surface area contributed by atoms with E-state index >= 15 is 0 Å². The van der Waals surface area contributed by atoms with Crippen LogP contribution in [-0.4, -0.2) is 0 Å². The summed E-state index contributed by atoms with van der Waals surface area (Å²) in [4.78, 5) is 0. The molecule has 2 heteroatoms. The van der Waals surface area contributed by atoms with E-state index in [-0.39, 0.29) is 6.42 Å². The molecular formula is C7H13F2. The second kappa shape index (κ2) is 5.99. The van der Waals surface area contributed by atoms with Crippen molar-refractivity contribution in [3.63, 3.8) is 0 Å². The van der Waals surface area contributed by atoms with Gasteiger partial charge in [0.2, 0.25) is 0 Å². The molecular weight excluding hydrogens is 122 g/mol. The van der Waals surface area contributed by atoms with Crippen LogP contribution in [0.1, 0.15) is 39.0 Å². The molecule has 0 aromatic heterocycles. The second-order valence-corrected chi connectivity index (χ2v) is 2.15. The van der Waals surface area contributed by atoms with E-state index in [0.717, 1.165) is 19.3 Å². The van der Waals surface area contributed by atoms with Crippen LogP contribution in [0, 0.1) is 6.43 Å². The van der Waals surface area contributed by atoms with Crippen LogP contribution in [0.25, 0.3) is 0 Å². The van der Waals surface area contributed by atoms with Crippen molar-refractivity contribution in [1.82, 2.24) is 0 Å². The van der Waals surface area contributed by atoms with Gasteiger partial charge in [-0.15, -0.1) is 0 Å². The molecule has 55 valence electrons. The molecule has 0 heterocycles. The maximum atomic E-state index is 11.4. The summed E-state index contributed by atoms with van der Waals surface area (Å²) in [7, 11) is 0. The van der Waals surface area contributed by atoms with Crippen molar-refractivity contribution >= 4 is 0 Å². The monoisotopic (exact) mass is 135 g/mol. The molecule has 0 aliphatic rings. The molecule has 0 aliphatic heterocycles.